The number of aromatic amines is 1. The molecule has 0 aromatic carbocycles. The third-order valence-corrected chi connectivity index (χ3v) is 0.895. The molecule has 0 saturated carbocycles. The van der Waals surface area contributed by atoms with Crippen LogP contribution in [-0.2, 0) is 0 Å². The van der Waals surface area contributed by atoms with Crippen LogP contribution in [0.3, 0.4) is 0 Å². The Balaban J connectivity index is 0.000000461. The van der Waals surface area contributed by atoms with Gasteiger partial charge in [0.25, 0.3) is 0 Å². The molecular weight excluding hydrogens is 149 g/mol. The predicted octanol–water partition coefficient (Wildman–Crippen LogP) is 1.88. The molecule has 0 spiro atoms. The lowest BCUT2D eigenvalue weighted by molar-refractivity contribution is 0.0697. The zero-order valence-corrected chi connectivity index (χ0v) is 6.39. The first-order valence-corrected chi connectivity index (χ1v) is 3.27. The molecule has 3 nitrogen and oxygen atoms in total. The molecule has 4 heteroatoms. The van der Waals surface area contributed by atoms with Crippen molar-refractivity contribution in [1.29, 1.82) is 0 Å². The maximum atomic E-state index is 12.0. The zero-order chi connectivity index (χ0) is 8.85. The van der Waals surface area contributed by atoms with Gasteiger partial charge in [0.1, 0.15) is 0 Å². The molecule has 1 heterocycles. The van der Waals surface area contributed by atoms with Crippen LogP contribution >= 0.6 is 0 Å². The number of halogens is 1. The number of carboxylic acids is 1. The van der Waals surface area contributed by atoms with Crippen LogP contribution < -0.4 is 0 Å². The molecule has 0 atom stereocenters. The highest BCUT2D eigenvalue weighted by atomic mass is 19.1. The van der Waals surface area contributed by atoms with Gasteiger partial charge in [-0.15, -0.1) is 0 Å². The van der Waals surface area contributed by atoms with Gasteiger partial charge in [0.05, 0.1) is 5.56 Å². The number of H-pyrrole nitrogens is 1. The molecular formula is C7H10FNO2. The summed E-state index contributed by atoms with van der Waals surface area (Å²) in [4.78, 5) is 12.1. The first kappa shape index (κ1) is 9.68. The Morgan fingerprint density at radius 3 is 2.36 bits per heavy atom. The first-order valence-electron chi connectivity index (χ1n) is 3.27. The Bertz CT molecular complexity index is 232. The summed E-state index contributed by atoms with van der Waals surface area (Å²) < 4.78 is 12.0. The smallest absolute Gasteiger partial charge is 0.337 e. The summed E-state index contributed by atoms with van der Waals surface area (Å²) in [5.41, 5.74) is -0.0625. The summed E-state index contributed by atoms with van der Waals surface area (Å²) >= 11 is 0. The third kappa shape index (κ3) is 2.84. The number of carboxylic acid groups (broad SMARTS) is 1. The topological polar surface area (TPSA) is 53.1 Å². The lowest BCUT2D eigenvalue weighted by atomic mass is 10.3. The maximum Gasteiger partial charge on any atom is 0.337 e. The molecule has 11 heavy (non-hydrogen) atoms. The van der Waals surface area contributed by atoms with Crippen LogP contribution in [0, 0.1) is 5.95 Å². The molecule has 0 unspecified atom stereocenters. The van der Waals surface area contributed by atoms with Gasteiger partial charge >= 0.3 is 5.97 Å². The van der Waals surface area contributed by atoms with Gasteiger partial charge in [-0.25, -0.2) is 4.79 Å². The Morgan fingerprint density at radius 2 is 2.18 bits per heavy atom. The molecule has 2 N–H and O–H groups in total. The van der Waals surface area contributed by atoms with Crippen molar-refractivity contribution in [2.45, 2.75) is 13.8 Å². The van der Waals surface area contributed by atoms with E-state index in [1.165, 1.54) is 0 Å². The summed E-state index contributed by atoms with van der Waals surface area (Å²) in [5.74, 6) is -1.76. The predicted molar refractivity (Wildman–Crippen MR) is 39.1 cm³/mol. The molecule has 0 fully saturated rings. The van der Waals surface area contributed by atoms with Gasteiger partial charge < -0.3 is 10.1 Å². The lowest BCUT2D eigenvalue weighted by Gasteiger charge is -1.78. The Kier molecular flexibility index (Phi) is 3.95. The molecule has 0 aliphatic rings. The van der Waals surface area contributed by atoms with Crippen molar-refractivity contribution in [3.63, 3.8) is 0 Å². The molecule has 0 saturated heterocycles. The van der Waals surface area contributed by atoms with Gasteiger partial charge in [0, 0.05) is 12.3 Å². The number of aromatic nitrogens is 1. The van der Waals surface area contributed by atoms with Crippen molar-refractivity contribution >= 4 is 5.97 Å². The number of hydrogen-bond acceptors (Lipinski definition) is 1. The van der Waals surface area contributed by atoms with Gasteiger partial charge in [0.15, 0.2) is 5.95 Å². The molecule has 0 radical (unpaired) electrons. The van der Waals surface area contributed by atoms with E-state index < -0.39 is 11.9 Å². The van der Waals surface area contributed by atoms with Crippen LogP contribution in [0.5, 0.6) is 0 Å². The second kappa shape index (κ2) is 4.49. The van der Waals surface area contributed by atoms with Crippen LogP contribution in [0.4, 0.5) is 4.39 Å². The van der Waals surface area contributed by atoms with Gasteiger partial charge in [-0.05, 0) is 0 Å². The Morgan fingerprint density at radius 1 is 1.64 bits per heavy atom. The second-order valence-electron chi connectivity index (χ2n) is 1.54. The highest BCUT2D eigenvalue weighted by molar-refractivity contribution is 5.87. The fourth-order valence-corrected chi connectivity index (χ4v) is 0.490. The van der Waals surface area contributed by atoms with Crippen molar-refractivity contribution < 1.29 is 14.3 Å². The van der Waals surface area contributed by atoms with E-state index in [-0.39, 0.29) is 5.56 Å². The Hall–Kier alpha value is -1.32. The Labute approximate surface area is 63.9 Å². The van der Waals surface area contributed by atoms with E-state index in [0.29, 0.717) is 0 Å². The van der Waals surface area contributed by atoms with E-state index >= 15 is 0 Å². The van der Waals surface area contributed by atoms with Crippen molar-refractivity contribution in [3.8, 4) is 0 Å². The quantitative estimate of drug-likeness (QED) is 0.657. The number of hydrogen-bond donors (Lipinski definition) is 2. The zero-order valence-electron chi connectivity index (χ0n) is 6.39. The highest BCUT2D eigenvalue weighted by Crippen LogP contribution is 1.99. The second-order valence-corrected chi connectivity index (χ2v) is 1.54. The van der Waals surface area contributed by atoms with Crippen LogP contribution in [0.25, 0.3) is 0 Å². The largest absolute Gasteiger partial charge is 0.478 e. The molecule has 0 aliphatic heterocycles. The van der Waals surface area contributed by atoms with E-state index in [2.05, 4.69) is 4.98 Å². The molecule has 0 bridgehead atoms. The third-order valence-electron chi connectivity index (χ3n) is 0.895. The summed E-state index contributed by atoms with van der Waals surface area (Å²) in [6, 6.07) is 0.919. The molecule has 62 valence electrons. The normalized spacial score (nSPS) is 8.27. The van der Waals surface area contributed by atoms with Crippen molar-refractivity contribution in [2.75, 3.05) is 0 Å². The maximum absolute atomic E-state index is 12.0. The summed E-state index contributed by atoms with van der Waals surface area (Å²) in [7, 11) is 0. The monoisotopic (exact) mass is 159 g/mol. The fraction of sp³-hybridized carbons (Fsp3) is 0.286. The summed E-state index contributed by atoms with van der Waals surface area (Å²) in [6.07, 6.45) is 1.09. The minimum absolute atomic E-state index is 0.0625. The van der Waals surface area contributed by atoms with Crippen LogP contribution in [0.1, 0.15) is 24.2 Å². The molecule has 1 rings (SSSR count). The lowest BCUT2D eigenvalue weighted by Crippen LogP contribution is -1.91. The van der Waals surface area contributed by atoms with Crippen molar-refractivity contribution in [1.82, 2.24) is 4.98 Å². The van der Waals surface area contributed by atoms with E-state index in [1.54, 1.807) is 0 Å². The number of carbonyl (C=O) groups is 1. The van der Waals surface area contributed by atoms with Gasteiger partial charge in [-0.3, -0.25) is 0 Å². The van der Waals surface area contributed by atoms with E-state index in [1.807, 2.05) is 13.8 Å². The van der Waals surface area contributed by atoms with E-state index in [0.717, 1.165) is 12.3 Å². The van der Waals surface area contributed by atoms with Gasteiger partial charge in [-0.2, -0.15) is 4.39 Å². The van der Waals surface area contributed by atoms with E-state index in [9.17, 15) is 9.18 Å². The molecule has 0 aliphatic carbocycles. The average Bonchev–Trinajstić information content (AvgIpc) is 2.40. The minimum Gasteiger partial charge on any atom is -0.478 e. The number of aromatic carboxylic acids is 1. The molecule has 1 aromatic rings. The van der Waals surface area contributed by atoms with Gasteiger partial charge in [0.2, 0.25) is 0 Å². The average molecular weight is 159 g/mol. The highest BCUT2D eigenvalue weighted by Gasteiger charge is 2.03. The fourth-order valence-electron chi connectivity index (χ4n) is 0.490. The van der Waals surface area contributed by atoms with Gasteiger partial charge in [-0.1, -0.05) is 13.8 Å². The molecule has 1 aromatic heterocycles. The van der Waals surface area contributed by atoms with Crippen molar-refractivity contribution in [2.24, 2.45) is 0 Å². The SMILES string of the molecule is CC.O=C(O)c1c[nH]c(F)c1. The van der Waals surface area contributed by atoms with Crippen LogP contribution in [-0.4, -0.2) is 16.1 Å². The molecule has 0 amide bonds. The number of rotatable bonds is 1. The van der Waals surface area contributed by atoms with E-state index in [4.69, 9.17) is 5.11 Å². The first-order chi connectivity index (χ1) is 5.20. The summed E-state index contributed by atoms with van der Waals surface area (Å²) in [5, 5.41) is 8.21. The minimum atomic E-state index is -1.13. The van der Waals surface area contributed by atoms with Crippen LogP contribution in [0.15, 0.2) is 12.3 Å². The summed E-state index contributed by atoms with van der Waals surface area (Å²) in [6.45, 7) is 4.00. The van der Waals surface area contributed by atoms with Crippen LogP contribution in [0.2, 0.25) is 0 Å². The number of nitrogens with one attached hydrogen (secondary N) is 1. The van der Waals surface area contributed by atoms with Crippen molar-refractivity contribution in [3.05, 3.63) is 23.8 Å². The standard InChI is InChI=1S/C5H4FNO2.C2H6/c6-4-1-3(2-7-4)5(8)9;1-2/h1-2,7H,(H,8,9);1-2H3.